The number of halogens is 3. The number of hydrogen-bond donors (Lipinski definition) is 2. The van der Waals surface area contributed by atoms with Crippen molar-refractivity contribution in [2.45, 2.75) is 6.18 Å². The lowest BCUT2D eigenvalue weighted by molar-refractivity contribution is -0.121. The van der Waals surface area contributed by atoms with Crippen molar-refractivity contribution < 1.29 is 21.6 Å². The summed E-state index contributed by atoms with van der Waals surface area (Å²) in [5, 5.41) is 4.20. The van der Waals surface area contributed by atoms with Crippen LogP contribution in [0, 0.1) is 0 Å². The monoisotopic (exact) mass is 178 g/mol. The summed E-state index contributed by atoms with van der Waals surface area (Å²) < 4.78 is 54.4. The van der Waals surface area contributed by atoms with Crippen LogP contribution in [0.5, 0.6) is 0 Å². The molecule has 10 heavy (non-hydrogen) atoms. The Hall–Kier alpha value is -0.340. The second kappa shape index (κ2) is 2.72. The molecule has 3 N–H and O–H groups in total. The number of rotatable bonds is 2. The maximum Gasteiger partial charge on any atom is 0.402 e. The van der Waals surface area contributed by atoms with Crippen molar-refractivity contribution in [3.63, 3.8) is 0 Å². The highest BCUT2D eigenvalue weighted by Crippen LogP contribution is 2.12. The summed E-state index contributed by atoms with van der Waals surface area (Å²) in [7, 11) is -4.23. The molecule has 0 saturated heterocycles. The molecule has 0 bridgehead atoms. The van der Waals surface area contributed by atoms with Crippen LogP contribution in [-0.4, -0.2) is 21.1 Å². The molecular weight excluding hydrogens is 173 g/mol. The Morgan fingerprint density at radius 1 is 1.40 bits per heavy atom. The molecule has 62 valence electrons. The molecule has 8 heteroatoms. The zero-order valence-electron chi connectivity index (χ0n) is 4.64. The fourth-order valence-corrected chi connectivity index (χ4v) is 0.547. The van der Waals surface area contributed by atoms with Crippen molar-refractivity contribution in [3.05, 3.63) is 0 Å². The smallest absolute Gasteiger partial charge is 0.216 e. The number of alkyl halides is 3. The Bertz CT molecular complexity index is 195. The number of hydrogen-bond acceptors (Lipinski definition) is 2. The van der Waals surface area contributed by atoms with Crippen LogP contribution in [-0.2, 0) is 10.2 Å². The van der Waals surface area contributed by atoms with Gasteiger partial charge in [0.2, 0.25) is 0 Å². The van der Waals surface area contributed by atoms with Gasteiger partial charge in [-0.3, -0.25) is 0 Å². The van der Waals surface area contributed by atoms with Gasteiger partial charge in [-0.15, -0.1) is 0 Å². The molecule has 0 atom stereocenters. The lowest BCUT2D eigenvalue weighted by atomic mass is 10.7. The zero-order chi connectivity index (χ0) is 8.41. The van der Waals surface area contributed by atoms with E-state index in [1.54, 1.807) is 0 Å². The molecule has 0 saturated carbocycles. The van der Waals surface area contributed by atoms with Gasteiger partial charge >= 0.3 is 6.18 Å². The van der Waals surface area contributed by atoms with Crippen LogP contribution in [0.1, 0.15) is 0 Å². The second-order valence-corrected chi connectivity index (χ2v) is 2.86. The van der Waals surface area contributed by atoms with Gasteiger partial charge in [0.1, 0.15) is 6.54 Å². The number of nitrogens with one attached hydrogen (secondary N) is 1. The van der Waals surface area contributed by atoms with Gasteiger partial charge in [0.25, 0.3) is 10.2 Å². The van der Waals surface area contributed by atoms with E-state index in [1.165, 1.54) is 0 Å². The van der Waals surface area contributed by atoms with Gasteiger partial charge in [0, 0.05) is 0 Å². The largest absolute Gasteiger partial charge is 0.402 e. The van der Waals surface area contributed by atoms with E-state index in [4.69, 9.17) is 0 Å². The highest BCUT2D eigenvalue weighted by atomic mass is 32.2. The predicted molar refractivity (Wildman–Crippen MR) is 27.2 cm³/mol. The molecule has 4 nitrogen and oxygen atoms in total. The SMILES string of the molecule is NS(=O)(=O)NCC(F)(F)F. The zero-order valence-corrected chi connectivity index (χ0v) is 5.46. The molecule has 0 heterocycles. The van der Waals surface area contributed by atoms with Gasteiger partial charge in [-0.2, -0.15) is 26.3 Å². The Labute approximate surface area is 55.4 Å². The summed E-state index contributed by atoms with van der Waals surface area (Å²) in [6.07, 6.45) is -4.56. The Balaban J connectivity index is 3.79. The summed E-state index contributed by atoms with van der Waals surface area (Å²) in [5.41, 5.74) is 0. The molecule has 0 aromatic heterocycles. The van der Waals surface area contributed by atoms with Crippen molar-refractivity contribution >= 4 is 10.2 Å². The average Bonchev–Trinajstić information content (AvgIpc) is 1.57. The molecule has 0 radical (unpaired) electrons. The first-order valence-electron chi connectivity index (χ1n) is 2.05. The first-order valence-corrected chi connectivity index (χ1v) is 3.59. The summed E-state index contributed by atoms with van der Waals surface area (Å²) in [4.78, 5) is 0. The fraction of sp³-hybridized carbons (Fsp3) is 1.00. The van der Waals surface area contributed by atoms with E-state index in [-0.39, 0.29) is 0 Å². The molecule has 0 amide bonds. The Morgan fingerprint density at radius 3 is 1.90 bits per heavy atom. The lowest BCUT2D eigenvalue weighted by Gasteiger charge is -2.04. The molecule has 0 spiro atoms. The van der Waals surface area contributed by atoms with Crippen LogP contribution in [0.3, 0.4) is 0 Å². The minimum absolute atomic E-state index is 1.09. The van der Waals surface area contributed by atoms with E-state index in [1.807, 2.05) is 0 Å². The summed E-state index contributed by atoms with van der Waals surface area (Å²) in [5.74, 6) is 0. The molecular formula is C2H5F3N2O2S. The van der Waals surface area contributed by atoms with Gasteiger partial charge in [-0.05, 0) is 0 Å². The fourth-order valence-electron chi connectivity index (χ4n) is 0.182. The number of nitrogens with two attached hydrogens (primary N) is 1. The van der Waals surface area contributed by atoms with Crippen LogP contribution >= 0.6 is 0 Å². The van der Waals surface area contributed by atoms with Crippen LogP contribution in [0.15, 0.2) is 0 Å². The normalized spacial score (nSPS) is 13.6. The van der Waals surface area contributed by atoms with E-state index in [2.05, 4.69) is 5.14 Å². The van der Waals surface area contributed by atoms with Crippen molar-refractivity contribution in [1.29, 1.82) is 0 Å². The average molecular weight is 178 g/mol. The molecule has 0 rings (SSSR count). The van der Waals surface area contributed by atoms with E-state index >= 15 is 0 Å². The van der Waals surface area contributed by atoms with Gasteiger partial charge in [0.05, 0.1) is 0 Å². The van der Waals surface area contributed by atoms with E-state index in [0.717, 1.165) is 4.72 Å². The van der Waals surface area contributed by atoms with Gasteiger partial charge < -0.3 is 0 Å². The standard InChI is InChI=1S/C2H5F3N2O2S/c3-2(4,5)1-7-10(6,8)9/h7H,1H2,(H2,6,8,9). The van der Waals surface area contributed by atoms with Gasteiger partial charge in [0.15, 0.2) is 0 Å². The Kier molecular flexibility index (Phi) is 2.63. The summed E-state index contributed by atoms with van der Waals surface area (Å²) >= 11 is 0. The molecule has 0 aliphatic heterocycles. The minimum atomic E-state index is -4.56. The van der Waals surface area contributed by atoms with Crippen molar-refractivity contribution in [3.8, 4) is 0 Å². The maximum atomic E-state index is 11.2. The predicted octanol–water partition coefficient (Wildman–Crippen LogP) is -0.658. The first-order chi connectivity index (χ1) is 4.21. The molecule has 0 aliphatic carbocycles. The Morgan fingerprint density at radius 2 is 1.80 bits per heavy atom. The third kappa shape index (κ3) is 7.66. The highest BCUT2D eigenvalue weighted by molar-refractivity contribution is 7.87. The summed E-state index contributed by atoms with van der Waals surface area (Å²) in [6, 6.07) is 0. The third-order valence-electron chi connectivity index (χ3n) is 0.474. The molecule has 0 aliphatic rings. The quantitative estimate of drug-likeness (QED) is 0.589. The van der Waals surface area contributed by atoms with Gasteiger partial charge in [-0.1, -0.05) is 0 Å². The van der Waals surface area contributed by atoms with Crippen molar-refractivity contribution in [1.82, 2.24) is 4.72 Å². The van der Waals surface area contributed by atoms with Crippen LogP contribution in [0.4, 0.5) is 13.2 Å². The topological polar surface area (TPSA) is 72.2 Å². The molecule has 0 unspecified atom stereocenters. The van der Waals surface area contributed by atoms with Gasteiger partial charge in [-0.25, -0.2) is 5.14 Å². The molecule has 0 aromatic carbocycles. The summed E-state index contributed by atoms with van der Waals surface area (Å²) in [6.45, 7) is -1.63. The third-order valence-corrected chi connectivity index (χ3v) is 1.02. The van der Waals surface area contributed by atoms with E-state index < -0.39 is 22.9 Å². The maximum absolute atomic E-state index is 11.2. The molecule has 0 aromatic rings. The van der Waals surface area contributed by atoms with Crippen LogP contribution in [0.25, 0.3) is 0 Å². The second-order valence-electron chi connectivity index (χ2n) is 1.48. The van der Waals surface area contributed by atoms with Crippen molar-refractivity contribution in [2.75, 3.05) is 6.54 Å². The first kappa shape index (κ1) is 9.66. The van der Waals surface area contributed by atoms with Crippen molar-refractivity contribution in [2.24, 2.45) is 5.14 Å². The van der Waals surface area contributed by atoms with E-state index in [9.17, 15) is 21.6 Å². The minimum Gasteiger partial charge on any atom is -0.216 e. The lowest BCUT2D eigenvalue weighted by Crippen LogP contribution is -2.37. The highest BCUT2D eigenvalue weighted by Gasteiger charge is 2.28. The molecule has 0 fully saturated rings. The van der Waals surface area contributed by atoms with Crippen LogP contribution in [0.2, 0.25) is 0 Å². The van der Waals surface area contributed by atoms with E-state index in [0.29, 0.717) is 0 Å². The van der Waals surface area contributed by atoms with Crippen LogP contribution < -0.4 is 9.86 Å².